The quantitative estimate of drug-likeness (QED) is 0.553. The maximum atomic E-state index is 12.6. The zero-order valence-electron chi connectivity index (χ0n) is 20.1. The van der Waals surface area contributed by atoms with Gasteiger partial charge in [0.1, 0.15) is 5.69 Å². The van der Waals surface area contributed by atoms with Gasteiger partial charge in [0, 0.05) is 13.1 Å². The van der Waals surface area contributed by atoms with E-state index in [2.05, 4.69) is 29.5 Å². The highest BCUT2D eigenvalue weighted by Gasteiger charge is 2.38. The third-order valence-corrected chi connectivity index (χ3v) is 6.29. The first kappa shape index (κ1) is 28.1. The van der Waals surface area contributed by atoms with Crippen molar-refractivity contribution in [2.45, 2.75) is 70.3 Å². The van der Waals surface area contributed by atoms with E-state index in [9.17, 15) is 18.0 Å². The summed E-state index contributed by atoms with van der Waals surface area (Å²) < 4.78 is 33.7. The molecule has 1 atom stereocenters. The summed E-state index contributed by atoms with van der Waals surface area (Å²) in [5.74, 6) is -2.76. The predicted molar refractivity (Wildman–Crippen MR) is 123 cm³/mol. The third-order valence-electron chi connectivity index (χ3n) is 6.29. The van der Waals surface area contributed by atoms with Crippen molar-refractivity contribution in [3.63, 3.8) is 0 Å². The smallest absolute Gasteiger partial charge is 0.475 e. The standard InChI is InChI=1S/C21H32N6O.C2HF3O2/c1-4-21(22,5-2)19-15-27(25-24-19)18-11-13-26(14-12-18)20(28)23-16(3)17-9-7-6-8-10-17;3-2(4,5)1(6)7/h6-10,15-16,18H,4-5,11-14,22H2,1-3H3,(H,23,28);(H,6,7)/t16-;/m0./s1. The van der Waals surface area contributed by atoms with Crippen LogP contribution in [-0.4, -0.2) is 56.3 Å². The van der Waals surface area contributed by atoms with Crippen LogP contribution in [0.25, 0.3) is 0 Å². The van der Waals surface area contributed by atoms with Gasteiger partial charge in [-0.1, -0.05) is 49.4 Å². The topological polar surface area (TPSA) is 126 Å². The monoisotopic (exact) mass is 498 g/mol. The SMILES string of the molecule is CCC(N)(CC)c1cn(C2CCN(C(=O)N[C@@H](C)c3ccccc3)CC2)nn1.O=C(O)C(F)(F)F. The number of aromatic nitrogens is 3. The Morgan fingerprint density at radius 2 is 1.71 bits per heavy atom. The number of carbonyl (C=O) groups is 2. The Hall–Kier alpha value is -3.15. The summed E-state index contributed by atoms with van der Waals surface area (Å²) in [5.41, 5.74) is 7.99. The number of alkyl halides is 3. The second-order valence-electron chi connectivity index (χ2n) is 8.55. The molecule has 3 rings (SSSR count). The Bertz CT molecular complexity index is 955. The van der Waals surface area contributed by atoms with E-state index in [1.807, 2.05) is 53.0 Å². The molecule has 0 bridgehead atoms. The van der Waals surface area contributed by atoms with Gasteiger partial charge >= 0.3 is 18.2 Å². The molecule has 1 aliphatic rings. The average Bonchev–Trinajstić information content (AvgIpc) is 3.35. The van der Waals surface area contributed by atoms with E-state index in [-0.39, 0.29) is 18.1 Å². The summed E-state index contributed by atoms with van der Waals surface area (Å²) >= 11 is 0. The number of hydrogen-bond donors (Lipinski definition) is 3. The van der Waals surface area contributed by atoms with E-state index >= 15 is 0 Å². The van der Waals surface area contributed by atoms with E-state index in [4.69, 9.17) is 15.6 Å². The molecule has 1 aromatic heterocycles. The first-order valence-corrected chi connectivity index (χ1v) is 11.5. The Labute approximate surface area is 202 Å². The van der Waals surface area contributed by atoms with Crippen LogP contribution in [0.3, 0.4) is 0 Å². The molecule has 1 fully saturated rings. The molecule has 4 N–H and O–H groups in total. The number of rotatable bonds is 6. The zero-order valence-corrected chi connectivity index (χ0v) is 20.1. The van der Waals surface area contributed by atoms with Crippen molar-refractivity contribution < 1.29 is 27.9 Å². The van der Waals surface area contributed by atoms with Crippen LogP contribution in [0, 0.1) is 0 Å². The molecule has 0 saturated carbocycles. The molecule has 12 heteroatoms. The number of hydrogen-bond acceptors (Lipinski definition) is 5. The van der Waals surface area contributed by atoms with Gasteiger partial charge in [-0.2, -0.15) is 13.2 Å². The number of nitrogens with two attached hydrogens (primary N) is 1. The molecule has 194 valence electrons. The fourth-order valence-electron chi connectivity index (χ4n) is 3.73. The molecule has 1 saturated heterocycles. The van der Waals surface area contributed by atoms with Crippen molar-refractivity contribution in [2.75, 3.05) is 13.1 Å². The van der Waals surface area contributed by atoms with Gasteiger partial charge < -0.3 is 21.1 Å². The van der Waals surface area contributed by atoms with E-state index < -0.39 is 17.7 Å². The maximum Gasteiger partial charge on any atom is 0.490 e. The van der Waals surface area contributed by atoms with Crippen LogP contribution in [0.2, 0.25) is 0 Å². The van der Waals surface area contributed by atoms with Gasteiger partial charge in [-0.15, -0.1) is 5.10 Å². The van der Waals surface area contributed by atoms with E-state index in [0.717, 1.165) is 36.9 Å². The minimum atomic E-state index is -5.08. The van der Waals surface area contributed by atoms with Crippen LogP contribution in [-0.2, 0) is 10.3 Å². The molecule has 0 aliphatic carbocycles. The molecular formula is C23H33F3N6O3. The summed E-state index contributed by atoms with van der Waals surface area (Å²) in [6, 6.07) is 10.3. The molecule has 2 amide bonds. The van der Waals surface area contributed by atoms with Gasteiger partial charge in [0.25, 0.3) is 0 Å². The highest BCUT2D eigenvalue weighted by Crippen LogP contribution is 2.27. The molecular weight excluding hydrogens is 465 g/mol. The Kier molecular flexibility index (Phi) is 9.64. The van der Waals surface area contributed by atoms with Crippen LogP contribution < -0.4 is 11.1 Å². The van der Waals surface area contributed by atoms with Crippen LogP contribution in [0.15, 0.2) is 36.5 Å². The molecule has 9 nitrogen and oxygen atoms in total. The highest BCUT2D eigenvalue weighted by atomic mass is 19.4. The number of benzene rings is 1. The number of carboxylic acid groups (broad SMARTS) is 1. The Morgan fingerprint density at radius 3 is 2.20 bits per heavy atom. The summed E-state index contributed by atoms with van der Waals surface area (Å²) in [6.07, 6.45) is 0.309. The highest BCUT2D eigenvalue weighted by molar-refractivity contribution is 5.74. The number of urea groups is 1. The average molecular weight is 499 g/mol. The summed E-state index contributed by atoms with van der Waals surface area (Å²) in [7, 11) is 0. The molecule has 1 aliphatic heterocycles. The molecule has 0 spiro atoms. The van der Waals surface area contributed by atoms with Crippen LogP contribution in [0.1, 0.15) is 69.8 Å². The Balaban J connectivity index is 0.000000540. The van der Waals surface area contributed by atoms with Crippen molar-refractivity contribution in [3.8, 4) is 0 Å². The number of aliphatic carboxylic acids is 1. The number of amides is 2. The number of nitrogens with one attached hydrogen (secondary N) is 1. The number of halogens is 3. The summed E-state index contributed by atoms with van der Waals surface area (Å²) in [5, 5.41) is 18.9. The van der Waals surface area contributed by atoms with Crippen molar-refractivity contribution in [2.24, 2.45) is 5.73 Å². The Morgan fingerprint density at radius 1 is 1.17 bits per heavy atom. The predicted octanol–water partition coefficient (Wildman–Crippen LogP) is 3.99. The number of nitrogens with zero attached hydrogens (tertiary/aromatic N) is 4. The molecule has 35 heavy (non-hydrogen) atoms. The lowest BCUT2D eigenvalue weighted by atomic mass is 9.91. The lowest BCUT2D eigenvalue weighted by molar-refractivity contribution is -0.192. The molecule has 0 unspecified atom stereocenters. The third kappa shape index (κ3) is 7.67. The van der Waals surface area contributed by atoms with Crippen molar-refractivity contribution >= 4 is 12.0 Å². The second-order valence-corrected chi connectivity index (χ2v) is 8.55. The fourth-order valence-corrected chi connectivity index (χ4v) is 3.73. The lowest BCUT2D eigenvalue weighted by Crippen LogP contribution is -2.45. The van der Waals surface area contributed by atoms with Gasteiger partial charge in [-0.25, -0.2) is 14.3 Å². The number of carbonyl (C=O) groups excluding carboxylic acids is 1. The van der Waals surface area contributed by atoms with Crippen molar-refractivity contribution in [1.82, 2.24) is 25.2 Å². The minimum absolute atomic E-state index is 0.00739. The molecule has 2 heterocycles. The normalized spacial score (nSPS) is 15.7. The van der Waals surface area contributed by atoms with Gasteiger partial charge in [-0.05, 0) is 38.2 Å². The van der Waals surface area contributed by atoms with Crippen LogP contribution in [0.5, 0.6) is 0 Å². The lowest BCUT2D eigenvalue weighted by Gasteiger charge is -2.32. The van der Waals surface area contributed by atoms with E-state index in [1.165, 1.54) is 0 Å². The van der Waals surface area contributed by atoms with Gasteiger partial charge in [0.15, 0.2) is 0 Å². The van der Waals surface area contributed by atoms with Crippen LogP contribution >= 0.6 is 0 Å². The fraction of sp³-hybridized carbons (Fsp3) is 0.565. The number of piperidine rings is 1. The van der Waals surface area contributed by atoms with Gasteiger partial charge in [0.2, 0.25) is 0 Å². The number of likely N-dealkylation sites (tertiary alicyclic amines) is 1. The van der Waals surface area contributed by atoms with Gasteiger partial charge in [0.05, 0.1) is 23.8 Å². The number of carboxylic acids is 1. The first-order chi connectivity index (χ1) is 16.4. The molecule has 2 aromatic rings. The summed E-state index contributed by atoms with van der Waals surface area (Å²) in [4.78, 5) is 23.4. The zero-order chi connectivity index (χ0) is 26.2. The molecule has 1 aromatic carbocycles. The second kappa shape index (κ2) is 12.0. The molecule has 0 radical (unpaired) electrons. The first-order valence-electron chi connectivity index (χ1n) is 11.5. The van der Waals surface area contributed by atoms with E-state index in [0.29, 0.717) is 13.1 Å². The summed E-state index contributed by atoms with van der Waals surface area (Å²) in [6.45, 7) is 7.59. The van der Waals surface area contributed by atoms with Crippen molar-refractivity contribution in [1.29, 1.82) is 0 Å². The minimum Gasteiger partial charge on any atom is -0.475 e. The van der Waals surface area contributed by atoms with E-state index in [1.54, 1.807) is 0 Å². The largest absolute Gasteiger partial charge is 0.490 e. The van der Waals surface area contributed by atoms with Crippen LogP contribution in [0.4, 0.5) is 18.0 Å². The maximum absolute atomic E-state index is 12.6. The van der Waals surface area contributed by atoms with Crippen molar-refractivity contribution in [3.05, 3.63) is 47.8 Å². The van der Waals surface area contributed by atoms with Gasteiger partial charge in [-0.3, -0.25) is 0 Å².